The summed E-state index contributed by atoms with van der Waals surface area (Å²) in [7, 11) is 0. The molecule has 0 unspecified atom stereocenters. The number of nitrogens with one attached hydrogen (secondary N) is 1. The highest BCUT2D eigenvalue weighted by Gasteiger charge is 2.45. The van der Waals surface area contributed by atoms with Crippen LogP contribution < -0.4 is 5.32 Å². The van der Waals surface area contributed by atoms with Gasteiger partial charge in [-0.3, -0.25) is 9.59 Å². The number of Topliss-reactive ketones (excluding diaryl/α,β-unsaturated/α-hetero) is 1. The number of carbonyl (C=O) groups is 2. The normalized spacial score (nSPS) is 24.6. The van der Waals surface area contributed by atoms with E-state index in [9.17, 15) is 14.7 Å². The van der Waals surface area contributed by atoms with Crippen LogP contribution in [0.2, 0.25) is 0 Å². The lowest BCUT2D eigenvalue weighted by Crippen LogP contribution is -2.36. The summed E-state index contributed by atoms with van der Waals surface area (Å²) < 4.78 is 0. The minimum absolute atomic E-state index is 0.186. The Bertz CT molecular complexity index is 654. The molecule has 1 fully saturated rings. The Morgan fingerprint density at radius 3 is 2.14 bits per heavy atom. The highest BCUT2D eigenvalue weighted by Crippen LogP contribution is 2.30. The molecule has 0 aromatic heterocycles. The molecule has 1 heterocycles. The maximum absolute atomic E-state index is 12.6. The molecule has 1 aliphatic heterocycles. The molecule has 2 aromatic rings. The number of benzene rings is 2. The minimum atomic E-state index is -1.20. The summed E-state index contributed by atoms with van der Waals surface area (Å²) in [6.45, 7) is 0. The van der Waals surface area contributed by atoms with Crippen molar-refractivity contribution in [2.45, 2.75) is 18.1 Å². The molecule has 106 valence electrons. The first-order valence-corrected chi connectivity index (χ1v) is 6.81. The third-order valence-electron chi connectivity index (χ3n) is 3.79. The third-order valence-corrected chi connectivity index (χ3v) is 3.79. The Morgan fingerprint density at radius 2 is 1.52 bits per heavy atom. The molecular formula is C17H15NO3. The monoisotopic (exact) mass is 281 g/mol. The first kappa shape index (κ1) is 13.5. The molecule has 4 nitrogen and oxygen atoms in total. The van der Waals surface area contributed by atoms with E-state index in [1.165, 1.54) is 0 Å². The van der Waals surface area contributed by atoms with Crippen molar-refractivity contribution in [3.05, 3.63) is 71.8 Å². The standard InChI is InChI=1S/C17H15NO3/c19-15(12-9-5-2-6-10-12)14-13(16(20)17(21)18-14)11-7-3-1-4-8-11/h1-10,13-14,16,20H,(H,18,21)/t13-,14-,16+/m1/s1. The van der Waals surface area contributed by atoms with Gasteiger partial charge in [0, 0.05) is 11.5 Å². The van der Waals surface area contributed by atoms with Gasteiger partial charge in [0.2, 0.25) is 5.91 Å². The fraction of sp³-hybridized carbons (Fsp3) is 0.176. The van der Waals surface area contributed by atoms with Crippen LogP contribution in [0.5, 0.6) is 0 Å². The summed E-state index contributed by atoms with van der Waals surface area (Å²) in [5, 5.41) is 12.7. The van der Waals surface area contributed by atoms with Crippen molar-refractivity contribution >= 4 is 11.7 Å². The van der Waals surface area contributed by atoms with Crippen molar-refractivity contribution in [3.63, 3.8) is 0 Å². The SMILES string of the molecule is O=C1N[C@@H](C(=O)c2ccccc2)[C@@H](c2ccccc2)[C@@H]1O. The van der Waals surface area contributed by atoms with E-state index >= 15 is 0 Å². The second-order valence-corrected chi connectivity index (χ2v) is 5.10. The molecule has 0 radical (unpaired) electrons. The van der Waals surface area contributed by atoms with Crippen LogP contribution in [0.4, 0.5) is 0 Å². The Hall–Kier alpha value is -2.46. The van der Waals surface area contributed by atoms with Gasteiger partial charge in [-0.15, -0.1) is 0 Å². The summed E-state index contributed by atoms with van der Waals surface area (Å²) in [4.78, 5) is 24.4. The summed E-state index contributed by atoms with van der Waals surface area (Å²) >= 11 is 0. The summed E-state index contributed by atoms with van der Waals surface area (Å²) in [5.74, 6) is -1.25. The van der Waals surface area contributed by atoms with Gasteiger partial charge in [-0.2, -0.15) is 0 Å². The predicted octanol–water partition coefficient (Wildman–Crippen LogP) is 1.51. The van der Waals surface area contributed by atoms with Crippen LogP contribution in [0.25, 0.3) is 0 Å². The molecule has 0 aliphatic carbocycles. The number of aliphatic hydroxyl groups is 1. The van der Waals surface area contributed by atoms with Crippen LogP contribution in [0.3, 0.4) is 0 Å². The Balaban J connectivity index is 1.97. The molecule has 4 heteroatoms. The smallest absolute Gasteiger partial charge is 0.250 e. The molecule has 1 saturated heterocycles. The molecule has 3 rings (SSSR count). The van der Waals surface area contributed by atoms with Gasteiger partial charge >= 0.3 is 0 Å². The number of ketones is 1. The number of hydrogen-bond acceptors (Lipinski definition) is 3. The number of amides is 1. The summed E-state index contributed by atoms with van der Waals surface area (Å²) in [6, 6.07) is 17.2. The second-order valence-electron chi connectivity index (χ2n) is 5.10. The molecule has 3 atom stereocenters. The van der Waals surface area contributed by atoms with Gasteiger partial charge in [0.15, 0.2) is 5.78 Å². The zero-order chi connectivity index (χ0) is 14.8. The van der Waals surface area contributed by atoms with E-state index in [4.69, 9.17) is 0 Å². The molecule has 0 bridgehead atoms. The first-order chi connectivity index (χ1) is 10.2. The van der Waals surface area contributed by atoms with Crippen LogP contribution in [-0.2, 0) is 4.79 Å². The quantitative estimate of drug-likeness (QED) is 0.838. The molecule has 2 aromatic carbocycles. The highest BCUT2D eigenvalue weighted by molar-refractivity contribution is 6.05. The van der Waals surface area contributed by atoms with E-state index < -0.39 is 24.0 Å². The van der Waals surface area contributed by atoms with Crippen molar-refractivity contribution < 1.29 is 14.7 Å². The van der Waals surface area contributed by atoms with Gasteiger partial charge in [0.1, 0.15) is 12.1 Å². The molecule has 0 spiro atoms. The van der Waals surface area contributed by atoms with Crippen LogP contribution >= 0.6 is 0 Å². The topological polar surface area (TPSA) is 66.4 Å². The van der Waals surface area contributed by atoms with Gasteiger partial charge in [-0.25, -0.2) is 0 Å². The zero-order valence-corrected chi connectivity index (χ0v) is 11.3. The van der Waals surface area contributed by atoms with Gasteiger partial charge in [0.25, 0.3) is 0 Å². The average Bonchev–Trinajstić information content (AvgIpc) is 2.84. The second kappa shape index (κ2) is 5.50. The highest BCUT2D eigenvalue weighted by atomic mass is 16.3. The van der Waals surface area contributed by atoms with E-state index in [0.29, 0.717) is 5.56 Å². The first-order valence-electron chi connectivity index (χ1n) is 6.81. The summed E-state index contributed by atoms with van der Waals surface area (Å²) in [5.41, 5.74) is 1.30. The number of aliphatic hydroxyl groups excluding tert-OH is 1. The lowest BCUT2D eigenvalue weighted by Gasteiger charge is -2.19. The fourth-order valence-corrected chi connectivity index (χ4v) is 2.73. The predicted molar refractivity (Wildman–Crippen MR) is 77.9 cm³/mol. The molecule has 2 N–H and O–H groups in total. The van der Waals surface area contributed by atoms with Crippen LogP contribution in [0, 0.1) is 0 Å². The average molecular weight is 281 g/mol. The van der Waals surface area contributed by atoms with Crippen molar-refractivity contribution in [1.29, 1.82) is 0 Å². The summed E-state index contributed by atoms with van der Waals surface area (Å²) in [6.07, 6.45) is -1.20. The Labute approximate surface area is 122 Å². The number of carbonyl (C=O) groups excluding carboxylic acids is 2. The van der Waals surface area contributed by atoms with Gasteiger partial charge in [0.05, 0.1) is 0 Å². The molecule has 0 saturated carbocycles. The molecule has 21 heavy (non-hydrogen) atoms. The number of rotatable bonds is 3. The van der Waals surface area contributed by atoms with Crippen molar-refractivity contribution in [2.24, 2.45) is 0 Å². The Morgan fingerprint density at radius 1 is 0.952 bits per heavy atom. The maximum Gasteiger partial charge on any atom is 0.250 e. The lowest BCUT2D eigenvalue weighted by molar-refractivity contribution is -0.126. The fourth-order valence-electron chi connectivity index (χ4n) is 2.73. The van der Waals surface area contributed by atoms with E-state index in [-0.39, 0.29) is 5.78 Å². The molecule has 1 aliphatic rings. The van der Waals surface area contributed by atoms with E-state index in [1.54, 1.807) is 24.3 Å². The minimum Gasteiger partial charge on any atom is -0.383 e. The van der Waals surface area contributed by atoms with Gasteiger partial charge in [-0.05, 0) is 5.56 Å². The van der Waals surface area contributed by atoms with Crippen molar-refractivity contribution in [2.75, 3.05) is 0 Å². The zero-order valence-electron chi connectivity index (χ0n) is 11.3. The van der Waals surface area contributed by atoms with Crippen LogP contribution in [0.15, 0.2) is 60.7 Å². The maximum atomic E-state index is 12.6. The molecular weight excluding hydrogens is 266 g/mol. The van der Waals surface area contributed by atoms with Crippen LogP contribution in [0.1, 0.15) is 21.8 Å². The van der Waals surface area contributed by atoms with Crippen molar-refractivity contribution in [3.8, 4) is 0 Å². The van der Waals surface area contributed by atoms with E-state index in [0.717, 1.165) is 5.56 Å². The van der Waals surface area contributed by atoms with E-state index in [2.05, 4.69) is 5.32 Å². The van der Waals surface area contributed by atoms with E-state index in [1.807, 2.05) is 36.4 Å². The number of hydrogen-bond donors (Lipinski definition) is 2. The lowest BCUT2D eigenvalue weighted by atomic mass is 9.86. The Kier molecular flexibility index (Phi) is 3.54. The third kappa shape index (κ3) is 2.45. The van der Waals surface area contributed by atoms with Crippen molar-refractivity contribution in [1.82, 2.24) is 5.32 Å². The van der Waals surface area contributed by atoms with Gasteiger partial charge < -0.3 is 10.4 Å². The largest absolute Gasteiger partial charge is 0.383 e. The molecule has 1 amide bonds. The van der Waals surface area contributed by atoms with Crippen LogP contribution in [-0.4, -0.2) is 28.9 Å². The van der Waals surface area contributed by atoms with Gasteiger partial charge in [-0.1, -0.05) is 60.7 Å².